The molecule has 0 N–H and O–H groups in total. The first-order valence-corrected chi connectivity index (χ1v) is 0. The van der Waals surface area contributed by atoms with Crippen molar-refractivity contribution in [3.63, 3.8) is 0 Å². The van der Waals surface area contributed by atoms with E-state index in [9.17, 15) is 0 Å². The van der Waals surface area contributed by atoms with Gasteiger partial charge in [-0.3, -0.25) is 0 Å². The molecule has 0 fully saturated rings. The first kappa shape index (κ1) is 403. The summed E-state index contributed by atoms with van der Waals surface area (Å²) in [5.74, 6) is 0. The molecule has 0 aromatic heterocycles. The molecule has 50 valence electrons. The molecule has 10 heavy (non-hydrogen) atoms. The van der Waals surface area contributed by atoms with Gasteiger partial charge in [0.2, 0.25) is 0 Å². The maximum atomic E-state index is 0. The van der Waals surface area contributed by atoms with E-state index in [1.54, 1.807) is 0 Å². The second-order valence-corrected chi connectivity index (χ2v) is 0. The molecular formula is N4O3Ti3. The van der Waals surface area contributed by atoms with Crippen molar-refractivity contribution in [2.75, 3.05) is 0 Å². The average Bonchev–Trinajstić information content (AvgIpc) is 0. The molecule has 0 saturated heterocycles. The van der Waals surface area contributed by atoms with Gasteiger partial charge in [0.05, 0.1) is 0 Å². The van der Waals surface area contributed by atoms with Gasteiger partial charge in [0.25, 0.3) is 0 Å². The van der Waals surface area contributed by atoms with Gasteiger partial charge < -0.3 is 24.6 Å². The standard InChI is InChI=1S/4N.3O.3Ti/q4*-3;;;;3*+4. The fraction of sp³-hybridized carbons (Fsp3) is 0. The molecule has 10 heteroatoms. The molecule has 0 aromatic carbocycles. The van der Waals surface area contributed by atoms with Crippen LogP contribution in [0.2, 0.25) is 0 Å². The summed E-state index contributed by atoms with van der Waals surface area (Å²) in [4.78, 5) is 0. The monoisotopic (exact) mass is 248 g/mol. The zero-order valence-corrected chi connectivity index (χ0v) is 9.20. The van der Waals surface area contributed by atoms with Crippen LogP contribution >= 0.6 is 0 Å². The molecule has 0 bridgehead atoms. The van der Waals surface area contributed by atoms with E-state index in [1.165, 1.54) is 0 Å². The van der Waals surface area contributed by atoms with Gasteiger partial charge in [-0.2, -0.15) is 0 Å². The van der Waals surface area contributed by atoms with Crippen LogP contribution in [0.25, 0.3) is 24.6 Å². The largest absolute Gasteiger partial charge is 4.00 e. The van der Waals surface area contributed by atoms with E-state index in [2.05, 4.69) is 0 Å². The third-order valence-corrected chi connectivity index (χ3v) is 0. The van der Waals surface area contributed by atoms with Crippen molar-refractivity contribution in [1.29, 1.82) is 0 Å². The Morgan fingerprint density at radius 1 is 0.300 bits per heavy atom. The minimum Gasteiger partial charge on any atom is -3.00 e. The van der Waals surface area contributed by atoms with E-state index in [-0.39, 0.29) is 106 Å². The molecule has 0 amide bonds. The van der Waals surface area contributed by atoms with Crippen LogP contribution in [-0.2, 0) is 81.6 Å². The number of rotatable bonds is 0. The maximum absolute atomic E-state index is 0. The molecule has 0 aromatic rings. The second kappa shape index (κ2) is 305. The predicted octanol–water partition coefficient (Wildman–Crippen LogP) is 0.791. The molecular weight excluding hydrogens is 248 g/mol. The van der Waals surface area contributed by atoms with Crippen molar-refractivity contribution < 1.29 is 81.6 Å². The van der Waals surface area contributed by atoms with Gasteiger partial charge in [-0.15, -0.1) is 0 Å². The van der Waals surface area contributed by atoms with Crippen LogP contribution in [0.4, 0.5) is 0 Å². The first-order chi connectivity index (χ1) is 0. The molecule has 0 aliphatic heterocycles. The smallest absolute Gasteiger partial charge is 3.00 e. The summed E-state index contributed by atoms with van der Waals surface area (Å²) in [6.07, 6.45) is 0. The summed E-state index contributed by atoms with van der Waals surface area (Å²) in [7, 11) is 0. The molecule has 0 heterocycles. The Balaban J connectivity index is 0. The minimum atomic E-state index is 0. The summed E-state index contributed by atoms with van der Waals surface area (Å²) >= 11 is 0. The van der Waals surface area contributed by atoms with E-state index in [0.717, 1.165) is 0 Å². The van der Waals surface area contributed by atoms with Gasteiger partial charge in [0.1, 0.15) is 0 Å². The van der Waals surface area contributed by atoms with Gasteiger partial charge in [-0.25, -0.2) is 0 Å². The Labute approximate surface area is 105 Å². The van der Waals surface area contributed by atoms with E-state index < -0.39 is 0 Å². The third kappa shape index (κ3) is 223. The second-order valence-electron chi connectivity index (χ2n) is 0. The predicted molar refractivity (Wildman–Crippen MR) is 15.5 cm³/mol. The van der Waals surface area contributed by atoms with Crippen molar-refractivity contribution in [3.8, 4) is 0 Å². The Kier molecular flexibility index (Phi) is 12300. The van der Waals surface area contributed by atoms with Crippen molar-refractivity contribution in [2.45, 2.75) is 0 Å². The molecule has 0 atom stereocenters. The van der Waals surface area contributed by atoms with Gasteiger partial charge in [-0.05, 0) is 0 Å². The summed E-state index contributed by atoms with van der Waals surface area (Å²) in [6, 6.07) is 0. The zero-order chi connectivity index (χ0) is 0. The SMILES string of the molecule is [N-3].[N-3].[N-3].[N-3].[O].[O].[O].[Ti+4].[Ti+4].[Ti+4]. The van der Waals surface area contributed by atoms with Gasteiger partial charge in [0, 0.05) is 16.4 Å². The number of hydrogen-bond donors (Lipinski definition) is 0. The van der Waals surface area contributed by atoms with Crippen molar-refractivity contribution in [1.82, 2.24) is 0 Å². The number of hydrogen-bond acceptors (Lipinski definition) is 0. The molecule has 0 aliphatic rings. The Hall–Kier alpha value is 1.86. The van der Waals surface area contributed by atoms with Crippen LogP contribution in [0.15, 0.2) is 0 Å². The number of nitrogens with zero attached hydrogens (tertiary/aromatic N) is 4. The molecule has 0 aliphatic carbocycles. The third-order valence-electron chi connectivity index (χ3n) is 0. The Morgan fingerprint density at radius 3 is 0.300 bits per heavy atom. The van der Waals surface area contributed by atoms with Crippen molar-refractivity contribution in [2.24, 2.45) is 0 Å². The van der Waals surface area contributed by atoms with E-state index in [4.69, 9.17) is 0 Å². The van der Waals surface area contributed by atoms with Crippen molar-refractivity contribution >= 4 is 0 Å². The molecule has 0 rings (SSSR count). The van der Waals surface area contributed by atoms with Crippen LogP contribution in [-0.4, -0.2) is 0 Å². The van der Waals surface area contributed by atoms with Crippen molar-refractivity contribution in [3.05, 3.63) is 24.6 Å². The molecule has 0 saturated carbocycles. The normalized spacial score (nSPS) is 0. The van der Waals surface area contributed by atoms with Crippen LogP contribution in [0, 0.1) is 0 Å². The molecule has 7 nitrogen and oxygen atoms in total. The summed E-state index contributed by atoms with van der Waals surface area (Å²) < 4.78 is 0. The van der Waals surface area contributed by atoms with E-state index >= 15 is 0 Å². The van der Waals surface area contributed by atoms with Gasteiger partial charge in [0.15, 0.2) is 0 Å². The maximum Gasteiger partial charge on any atom is 4.00 e. The molecule has 0 spiro atoms. The summed E-state index contributed by atoms with van der Waals surface area (Å²) in [5, 5.41) is 0. The van der Waals surface area contributed by atoms with Crippen LogP contribution < -0.4 is 0 Å². The summed E-state index contributed by atoms with van der Waals surface area (Å²) in [6.45, 7) is 0. The molecule has 6 radical (unpaired) electrons. The Bertz CT molecular complexity index is 15.7. The zero-order valence-electron chi connectivity index (χ0n) is 4.51. The van der Waals surface area contributed by atoms with E-state index in [1.807, 2.05) is 0 Å². The molecule has 0 unspecified atom stereocenters. The topological polar surface area (TPSA) is 208 Å². The average molecular weight is 248 g/mol. The first-order valence-electron chi connectivity index (χ1n) is 0. The van der Waals surface area contributed by atoms with Gasteiger partial charge in [-0.1, -0.05) is 0 Å². The minimum absolute atomic E-state index is 0. The summed E-state index contributed by atoms with van der Waals surface area (Å²) in [5.41, 5.74) is 0. The Morgan fingerprint density at radius 2 is 0.300 bits per heavy atom. The van der Waals surface area contributed by atoms with Crippen LogP contribution in [0.3, 0.4) is 0 Å². The fourth-order valence-electron chi connectivity index (χ4n) is 0. The van der Waals surface area contributed by atoms with Crippen LogP contribution in [0.1, 0.15) is 0 Å². The fourth-order valence-corrected chi connectivity index (χ4v) is 0. The van der Waals surface area contributed by atoms with E-state index in [0.29, 0.717) is 0 Å². The van der Waals surface area contributed by atoms with Crippen LogP contribution in [0.5, 0.6) is 0 Å². The van der Waals surface area contributed by atoms with Gasteiger partial charge >= 0.3 is 65.2 Å². The quantitative estimate of drug-likeness (QED) is 0.543.